The maximum atomic E-state index is 13.0. The van der Waals surface area contributed by atoms with Crippen LogP contribution in [0.1, 0.15) is 11.1 Å². The molecule has 0 aliphatic carbocycles. The molecule has 5 aromatic rings. The largest absolute Gasteiger partial charge is 0.488 e. The van der Waals surface area contributed by atoms with Crippen LogP contribution in [0.25, 0.3) is 22.1 Å². The lowest BCUT2D eigenvalue weighted by Gasteiger charge is -2.09. The highest BCUT2D eigenvalue weighted by Gasteiger charge is 2.11. The smallest absolute Gasteiger partial charge is 0.274 e. The molecule has 0 amide bonds. The summed E-state index contributed by atoms with van der Waals surface area (Å²) >= 11 is 7.32. The monoisotopic (exact) mass is 418 g/mol. The van der Waals surface area contributed by atoms with Gasteiger partial charge in [0.2, 0.25) is 0 Å². The number of imidazole rings is 1. The first-order valence-corrected chi connectivity index (χ1v) is 10.3. The average Bonchev–Trinajstić information content (AvgIpc) is 3.25. The van der Waals surface area contributed by atoms with Crippen LogP contribution in [0.4, 0.5) is 0 Å². The zero-order valence-electron chi connectivity index (χ0n) is 15.2. The maximum absolute atomic E-state index is 13.0. The van der Waals surface area contributed by atoms with Crippen LogP contribution in [0.15, 0.2) is 77.6 Å². The van der Waals surface area contributed by atoms with Gasteiger partial charge in [0.1, 0.15) is 12.4 Å². The Labute approximate surface area is 175 Å². The van der Waals surface area contributed by atoms with Crippen LogP contribution >= 0.6 is 22.9 Å². The van der Waals surface area contributed by atoms with Crippen LogP contribution < -0.4 is 14.8 Å². The zero-order chi connectivity index (χ0) is 19.8. The topological polar surface area (TPSA) is 43.6 Å². The predicted molar refractivity (Wildman–Crippen MR) is 118 cm³/mol. The van der Waals surface area contributed by atoms with Gasteiger partial charge in [0.25, 0.3) is 5.56 Å². The van der Waals surface area contributed by atoms with Crippen LogP contribution in [0.5, 0.6) is 5.75 Å². The standard InChI is InChI=1S/C23H15ClN2O2S/c24-17-11-9-15(10-12-17)14-28-20-8-4-1-5-16(20)13-21-22(27)26-19-7-3-2-6-18(19)25-23(26)29-21/h1-13H,14H2. The number of ether oxygens (including phenoxy) is 1. The number of halogens is 1. The maximum Gasteiger partial charge on any atom is 0.274 e. The quantitative estimate of drug-likeness (QED) is 0.425. The van der Waals surface area contributed by atoms with E-state index in [-0.39, 0.29) is 5.56 Å². The van der Waals surface area contributed by atoms with Crippen molar-refractivity contribution in [3.63, 3.8) is 0 Å². The van der Waals surface area contributed by atoms with Crippen molar-refractivity contribution in [2.75, 3.05) is 0 Å². The molecule has 3 aromatic carbocycles. The van der Waals surface area contributed by atoms with Gasteiger partial charge in [-0.1, -0.05) is 65.4 Å². The molecule has 0 saturated heterocycles. The van der Waals surface area contributed by atoms with E-state index >= 15 is 0 Å². The lowest BCUT2D eigenvalue weighted by atomic mass is 10.2. The summed E-state index contributed by atoms with van der Waals surface area (Å²) in [6, 6.07) is 22.9. The van der Waals surface area contributed by atoms with Gasteiger partial charge in [-0.15, -0.1) is 0 Å². The van der Waals surface area contributed by atoms with E-state index in [2.05, 4.69) is 4.98 Å². The lowest BCUT2D eigenvalue weighted by molar-refractivity contribution is 0.305. The van der Waals surface area contributed by atoms with Crippen LogP contribution in [-0.2, 0) is 6.61 Å². The van der Waals surface area contributed by atoms with Crippen LogP contribution in [0.2, 0.25) is 5.02 Å². The Hall–Kier alpha value is -3.15. The molecule has 0 atom stereocenters. The third-order valence-electron chi connectivity index (χ3n) is 4.66. The third kappa shape index (κ3) is 3.39. The van der Waals surface area contributed by atoms with Gasteiger partial charge in [0, 0.05) is 10.6 Å². The summed E-state index contributed by atoms with van der Waals surface area (Å²) in [7, 11) is 0. The van der Waals surface area contributed by atoms with Crippen molar-refractivity contribution in [3.05, 3.63) is 104 Å². The van der Waals surface area contributed by atoms with E-state index in [1.54, 1.807) is 4.40 Å². The minimum atomic E-state index is -0.0637. The molecule has 6 heteroatoms. The lowest BCUT2D eigenvalue weighted by Crippen LogP contribution is -2.22. The molecule has 29 heavy (non-hydrogen) atoms. The zero-order valence-corrected chi connectivity index (χ0v) is 16.8. The predicted octanol–water partition coefficient (Wildman–Crippen LogP) is 4.69. The highest BCUT2D eigenvalue weighted by molar-refractivity contribution is 7.15. The Morgan fingerprint density at radius 2 is 1.76 bits per heavy atom. The Bertz CT molecular complexity index is 1440. The fourth-order valence-corrected chi connectivity index (χ4v) is 4.33. The summed E-state index contributed by atoms with van der Waals surface area (Å²) in [5, 5.41) is 0.695. The molecule has 0 saturated carbocycles. The Morgan fingerprint density at radius 3 is 2.62 bits per heavy atom. The molecular formula is C23H15ClN2O2S. The third-order valence-corrected chi connectivity index (χ3v) is 5.88. The normalized spacial score (nSPS) is 12.1. The van der Waals surface area contributed by atoms with Crippen molar-refractivity contribution >= 4 is 45.0 Å². The molecule has 0 N–H and O–H groups in total. The average molecular weight is 419 g/mol. The SMILES string of the molecule is O=c1c(=Cc2ccccc2OCc2ccc(Cl)cc2)sc2nc3ccccc3n12. The van der Waals surface area contributed by atoms with Crippen molar-refractivity contribution in [3.8, 4) is 5.75 Å². The van der Waals surface area contributed by atoms with E-state index in [1.807, 2.05) is 78.9 Å². The number of hydrogen-bond acceptors (Lipinski definition) is 4. The molecule has 0 fully saturated rings. The van der Waals surface area contributed by atoms with Crippen LogP contribution in [0, 0.1) is 0 Å². The van der Waals surface area contributed by atoms with Crippen LogP contribution in [0.3, 0.4) is 0 Å². The minimum Gasteiger partial charge on any atom is -0.488 e. The van der Waals surface area contributed by atoms with Gasteiger partial charge < -0.3 is 4.74 Å². The molecule has 2 aromatic heterocycles. The molecule has 0 spiro atoms. The van der Waals surface area contributed by atoms with Crippen LogP contribution in [-0.4, -0.2) is 9.38 Å². The van der Waals surface area contributed by atoms with E-state index in [1.165, 1.54) is 11.3 Å². The number of hydrogen-bond donors (Lipinski definition) is 0. The number of benzene rings is 3. The summed E-state index contributed by atoms with van der Waals surface area (Å²) in [6.45, 7) is 0.421. The van der Waals surface area contributed by atoms with E-state index in [0.717, 1.165) is 27.9 Å². The number of thiazole rings is 1. The summed E-state index contributed by atoms with van der Waals surface area (Å²) in [4.78, 5) is 18.2. The number of aromatic nitrogens is 2. The van der Waals surface area contributed by atoms with Gasteiger partial charge in [-0.3, -0.25) is 4.79 Å². The second-order valence-corrected chi connectivity index (χ2v) is 8.03. The Kier molecular flexibility index (Phi) is 4.54. The first-order chi connectivity index (χ1) is 14.2. The molecule has 2 heterocycles. The molecule has 0 bridgehead atoms. The summed E-state index contributed by atoms with van der Waals surface area (Å²) in [5.41, 5.74) is 3.47. The molecule has 0 unspecified atom stereocenters. The van der Waals surface area contributed by atoms with Gasteiger partial charge in [-0.25, -0.2) is 9.38 Å². The minimum absolute atomic E-state index is 0.0637. The van der Waals surface area contributed by atoms with Crippen molar-refractivity contribution in [1.82, 2.24) is 9.38 Å². The van der Waals surface area contributed by atoms with Gasteiger partial charge in [0.15, 0.2) is 4.96 Å². The highest BCUT2D eigenvalue weighted by atomic mass is 35.5. The number of para-hydroxylation sites is 3. The fraction of sp³-hybridized carbons (Fsp3) is 0.0435. The molecule has 0 aliphatic heterocycles. The molecule has 142 valence electrons. The van der Waals surface area contributed by atoms with Gasteiger partial charge >= 0.3 is 0 Å². The Balaban J connectivity index is 1.53. The molecular weight excluding hydrogens is 404 g/mol. The fourth-order valence-electron chi connectivity index (χ4n) is 3.23. The molecule has 0 radical (unpaired) electrons. The van der Waals surface area contributed by atoms with E-state index in [9.17, 15) is 4.79 Å². The van der Waals surface area contributed by atoms with Crippen molar-refractivity contribution in [2.24, 2.45) is 0 Å². The second kappa shape index (κ2) is 7.35. The van der Waals surface area contributed by atoms with Gasteiger partial charge in [0.05, 0.1) is 15.6 Å². The highest BCUT2D eigenvalue weighted by Crippen LogP contribution is 2.21. The van der Waals surface area contributed by atoms with Gasteiger partial charge in [-0.05, 0) is 42.0 Å². The summed E-state index contributed by atoms with van der Waals surface area (Å²) in [5.74, 6) is 0.720. The van der Waals surface area contributed by atoms with Crippen molar-refractivity contribution in [2.45, 2.75) is 6.61 Å². The first-order valence-electron chi connectivity index (χ1n) is 9.07. The van der Waals surface area contributed by atoms with E-state index in [4.69, 9.17) is 16.3 Å². The van der Waals surface area contributed by atoms with E-state index < -0.39 is 0 Å². The number of nitrogens with zero attached hydrogens (tertiary/aromatic N) is 2. The molecule has 5 rings (SSSR count). The van der Waals surface area contributed by atoms with Crippen molar-refractivity contribution < 1.29 is 4.74 Å². The molecule has 0 aliphatic rings. The number of rotatable bonds is 4. The Morgan fingerprint density at radius 1 is 1.00 bits per heavy atom. The molecule has 4 nitrogen and oxygen atoms in total. The van der Waals surface area contributed by atoms with E-state index in [0.29, 0.717) is 21.1 Å². The number of fused-ring (bicyclic) bond motifs is 3. The van der Waals surface area contributed by atoms with Gasteiger partial charge in [-0.2, -0.15) is 0 Å². The second-order valence-electron chi connectivity index (χ2n) is 6.59. The van der Waals surface area contributed by atoms with Crippen molar-refractivity contribution in [1.29, 1.82) is 0 Å². The first kappa shape index (κ1) is 17.9. The summed E-state index contributed by atoms with van der Waals surface area (Å²) in [6.07, 6.45) is 1.87. The summed E-state index contributed by atoms with van der Waals surface area (Å²) < 4.78 is 8.30.